The molecule has 4 rings (SSSR count). The summed E-state index contributed by atoms with van der Waals surface area (Å²) < 4.78 is 5.91. The maximum atomic E-state index is 12.5. The van der Waals surface area contributed by atoms with Crippen LogP contribution >= 0.6 is 0 Å². The first kappa shape index (κ1) is 14.4. The number of benzene rings is 1. The first-order chi connectivity index (χ1) is 11.3. The lowest BCUT2D eigenvalue weighted by atomic mass is 10.1. The fourth-order valence-electron chi connectivity index (χ4n) is 3.48. The zero-order valence-electron chi connectivity index (χ0n) is 12.9. The summed E-state index contributed by atoms with van der Waals surface area (Å²) in [4.78, 5) is 16.8. The summed E-state index contributed by atoms with van der Waals surface area (Å²) in [5.41, 5.74) is 1.84. The molecular formula is C17H20N4O2. The van der Waals surface area contributed by atoms with Gasteiger partial charge < -0.3 is 9.64 Å². The number of nitrogens with one attached hydrogen (secondary N) is 1. The van der Waals surface area contributed by atoms with E-state index in [4.69, 9.17) is 4.74 Å². The van der Waals surface area contributed by atoms with Crippen molar-refractivity contribution in [2.75, 3.05) is 26.2 Å². The number of carbonyl (C=O) groups is 1. The number of carbonyl (C=O) groups excluding carboxylic acids is 1. The van der Waals surface area contributed by atoms with Gasteiger partial charge in [0.25, 0.3) is 5.91 Å². The monoisotopic (exact) mass is 312 g/mol. The Kier molecular flexibility index (Phi) is 3.85. The van der Waals surface area contributed by atoms with Crippen molar-refractivity contribution in [3.05, 3.63) is 53.9 Å². The summed E-state index contributed by atoms with van der Waals surface area (Å²) in [6.07, 6.45) is 1.70. The number of aromatic nitrogens is 2. The number of morpholine rings is 1. The van der Waals surface area contributed by atoms with E-state index in [-0.39, 0.29) is 18.1 Å². The normalized spacial score (nSPS) is 24.6. The van der Waals surface area contributed by atoms with Crippen molar-refractivity contribution in [3.8, 4) is 0 Å². The second-order valence-corrected chi connectivity index (χ2v) is 6.11. The number of H-pyrrole nitrogens is 1. The first-order valence-corrected chi connectivity index (χ1v) is 7.99. The molecule has 0 radical (unpaired) electrons. The summed E-state index contributed by atoms with van der Waals surface area (Å²) >= 11 is 0. The molecule has 0 spiro atoms. The summed E-state index contributed by atoms with van der Waals surface area (Å²) in [6.45, 7) is 3.88. The predicted octanol–water partition coefficient (Wildman–Crippen LogP) is 1.14. The number of aromatic amines is 1. The van der Waals surface area contributed by atoms with Crippen LogP contribution in [0.25, 0.3) is 0 Å². The van der Waals surface area contributed by atoms with E-state index >= 15 is 0 Å². The Bertz CT molecular complexity index is 658. The van der Waals surface area contributed by atoms with E-state index in [1.165, 1.54) is 5.56 Å². The molecule has 6 heteroatoms. The molecule has 1 aromatic heterocycles. The van der Waals surface area contributed by atoms with Gasteiger partial charge in [-0.05, 0) is 11.6 Å². The molecule has 1 N–H and O–H groups in total. The second-order valence-electron chi connectivity index (χ2n) is 6.11. The molecule has 2 saturated heterocycles. The van der Waals surface area contributed by atoms with E-state index in [9.17, 15) is 4.79 Å². The summed E-state index contributed by atoms with van der Waals surface area (Å²) in [5.74, 6) is 0.000149. The summed E-state index contributed by atoms with van der Waals surface area (Å²) in [6, 6.07) is 12.4. The Morgan fingerprint density at radius 1 is 1.26 bits per heavy atom. The van der Waals surface area contributed by atoms with Gasteiger partial charge in [0, 0.05) is 32.4 Å². The minimum Gasteiger partial charge on any atom is -0.373 e. The van der Waals surface area contributed by atoms with Crippen molar-refractivity contribution in [1.82, 2.24) is 20.0 Å². The largest absolute Gasteiger partial charge is 0.373 e. The standard InChI is InChI=1S/C17H20N4O2/c22-17(14-6-7-18-19-14)21-11-15-16(12-21)23-9-8-20(15)10-13-4-2-1-3-5-13/h1-7,15-16H,8-12H2,(H,18,19)/t15-,16+/m0/s1. The van der Waals surface area contributed by atoms with Gasteiger partial charge in [-0.1, -0.05) is 30.3 Å². The van der Waals surface area contributed by atoms with Crippen LogP contribution in [0.3, 0.4) is 0 Å². The van der Waals surface area contributed by atoms with Crippen LogP contribution in [0.5, 0.6) is 0 Å². The van der Waals surface area contributed by atoms with Crippen LogP contribution in [0.15, 0.2) is 42.6 Å². The molecule has 2 aliphatic heterocycles. The van der Waals surface area contributed by atoms with Crippen LogP contribution in [0.2, 0.25) is 0 Å². The Morgan fingerprint density at radius 2 is 2.13 bits per heavy atom. The smallest absolute Gasteiger partial charge is 0.272 e. The number of nitrogens with zero attached hydrogens (tertiary/aromatic N) is 3. The Balaban J connectivity index is 1.47. The van der Waals surface area contributed by atoms with Crippen molar-refractivity contribution in [1.29, 1.82) is 0 Å². The zero-order chi connectivity index (χ0) is 15.6. The lowest BCUT2D eigenvalue weighted by molar-refractivity contribution is -0.0503. The van der Waals surface area contributed by atoms with Crippen molar-refractivity contribution in [2.45, 2.75) is 18.7 Å². The van der Waals surface area contributed by atoms with Crippen LogP contribution in [0, 0.1) is 0 Å². The highest BCUT2D eigenvalue weighted by molar-refractivity contribution is 5.92. The number of rotatable bonds is 3. The highest BCUT2D eigenvalue weighted by Crippen LogP contribution is 2.25. The molecule has 1 amide bonds. The van der Waals surface area contributed by atoms with E-state index in [2.05, 4.69) is 39.4 Å². The molecule has 0 bridgehead atoms. The first-order valence-electron chi connectivity index (χ1n) is 7.99. The summed E-state index contributed by atoms with van der Waals surface area (Å²) in [7, 11) is 0. The van der Waals surface area contributed by atoms with Crippen LogP contribution < -0.4 is 0 Å². The molecule has 2 fully saturated rings. The number of ether oxygens (including phenoxy) is 1. The molecule has 2 atom stereocenters. The molecule has 0 unspecified atom stereocenters. The van der Waals surface area contributed by atoms with Gasteiger partial charge >= 0.3 is 0 Å². The lowest BCUT2D eigenvalue weighted by Gasteiger charge is -2.36. The zero-order valence-corrected chi connectivity index (χ0v) is 12.9. The number of amides is 1. The number of hydrogen-bond acceptors (Lipinski definition) is 4. The molecule has 2 aromatic rings. The molecule has 23 heavy (non-hydrogen) atoms. The third-order valence-corrected chi connectivity index (χ3v) is 4.66. The van der Waals surface area contributed by atoms with Gasteiger partial charge in [0.1, 0.15) is 5.69 Å². The average molecular weight is 312 g/mol. The highest BCUT2D eigenvalue weighted by Gasteiger charge is 2.42. The van der Waals surface area contributed by atoms with E-state index in [0.717, 1.165) is 19.7 Å². The fraction of sp³-hybridized carbons (Fsp3) is 0.412. The van der Waals surface area contributed by atoms with Gasteiger partial charge in [0.15, 0.2) is 0 Å². The minimum absolute atomic E-state index is 0.000149. The van der Waals surface area contributed by atoms with Gasteiger partial charge in [0.2, 0.25) is 0 Å². The van der Waals surface area contributed by atoms with Gasteiger partial charge in [-0.2, -0.15) is 5.10 Å². The molecule has 0 saturated carbocycles. The third kappa shape index (κ3) is 2.87. The molecule has 2 aliphatic rings. The van der Waals surface area contributed by atoms with Gasteiger partial charge in [0.05, 0.1) is 18.8 Å². The molecule has 0 aliphatic carbocycles. The second kappa shape index (κ2) is 6.14. The number of hydrogen-bond donors (Lipinski definition) is 1. The van der Waals surface area contributed by atoms with Crippen LogP contribution in [0.4, 0.5) is 0 Å². The van der Waals surface area contributed by atoms with Gasteiger partial charge in [-0.3, -0.25) is 14.8 Å². The fourth-order valence-corrected chi connectivity index (χ4v) is 3.48. The van der Waals surface area contributed by atoms with E-state index < -0.39 is 0 Å². The maximum Gasteiger partial charge on any atom is 0.272 e. The number of likely N-dealkylation sites (tertiary alicyclic amines) is 1. The number of fused-ring (bicyclic) bond motifs is 1. The Labute approximate surface area is 135 Å². The average Bonchev–Trinajstić information content (AvgIpc) is 3.25. The minimum atomic E-state index is 0.000149. The van der Waals surface area contributed by atoms with Crippen molar-refractivity contribution >= 4 is 5.91 Å². The maximum absolute atomic E-state index is 12.5. The van der Waals surface area contributed by atoms with Crippen molar-refractivity contribution < 1.29 is 9.53 Å². The van der Waals surface area contributed by atoms with E-state index in [0.29, 0.717) is 18.8 Å². The summed E-state index contributed by atoms with van der Waals surface area (Å²) in [5, 5.41) is 6.61. The van der Waals surface area contributed by atoms with Gasteiger partial charge in [-0.15, -0.1) is 0 Å². The third-order valence-electron chi connectivity index (χ3n) is 4.66. The van der Waals surface area contributed by atoms with Crippen LogP contribution in [0.1, 0.15) is 16.1 Å². The Morgan fingerprint density at radius 3 is 2.91 bits per heavy atom. The molecule has 6 nitrogen and oxygen atoms in total. The van der Waals surface area contributed by atoms with Crippen LogP contribution in [-0.4, -0.2) is 64.3 Å². The SMILES string of the molecule is O=C(c1ccn[nH]1)N1C[C@H]2OCCN(Cc3ccccc3)[C@H]2C1. The highest BCUT2D eigenvalue weighted by atomic mass is 16.5. The molecule has 1 aromatic carbocycles. The van der Waals surface area contributed by atoms with Gasteiger partial charge in [-0.25, -0.2) is 0 Å². The predicted molar refractivity (Wildman–Crippen MR) is 84.9 cm³/mol. The lowest BCUT2D eigenvalue weighted by Crippen LogP contribution is -2.50. The van der Waals surface area contributed by atoms with Crippen molar-refractivity contribution in [2.24, 2.45) is 0 Å². The quantitative estimate of drug-likeness (QED) is 0.923. The van der Waals surface area contributed by atoms with Crippen LogP contribution in [-0.2, 0) is 11.3 Å². The topological polar surface area (TPSA) is 61.5 Å². The van der Waals surface area contributed by atoms with E-state index in [1.807, 2.05) is 11.0 Å². The molecular weight excluding hydrogens is 292 g/mol. The molecule has 3 heterocycles. The molecule has 120 valence electrons. The van der Waals surface area contributed by atoms with E-state index in [1.54, 1.807) is 12.3 Å². The van der Waals surface area contributed by atoms with Crippen molar-refractivity contribution in [3.63, 3.8) is 0 Å². The Hall–Kier alpha value is -2.18.